The van der Waals surface area contributed by atoms with E-state index in [1.165, 1.54) is 5.56 Å². The largest absolute Gasteiger partial charge is 0.481 e. The molecule has 0 aliphatic rings. The summed E-state index contributed by atoms with van der Waals surface area (Å²) in [6.07, 6.45) is 1.73. The van der Waals surface area contributed by atoms with Crippen molar-refractivity contribution >= 4 is 11.9 Å². The Morgan fingerprint density at radius 2 is 1.89 bits per heavy atom. The summed E-state index contributed by atoms with van der Waals surface area (Å²) in [5.41, 5.74) is 2.29. The average molecular weight is 263 g/mol. The lowest BCUT2D eigenvalue weighted by atomic mass is 10.1. The first-order valence-corrected chi connectivity index (χ1v) is 6.50. The number of unbranched alkanes of at least 4 members (excludes halogenated alkanes) is 1. The smallest absolute Gasteiger partial charge is 0.303 e. The van der Waals surface area contributed by atoms with Crippen LogP contribution in [-0.2, 0) is 16.1 Å². The van der Waals surface area contributed by atoms with Gasteiger partial charge in [0.05, 0.1) is 0 Å². The fourth-order valence-electron chi connectivity index (χ4n) is 1.92. The molecule has 0 aliphatic heterocycles. The first kappa shape index (κ1) is 15.2. The molecule has 1 N–H and O–H groups in total. The van der Waals surface area contributed by atoms with Crippen molar-refractivity contribution < 1.29 is 14.7 Å². The fourth-order valence-corrected chi connectivity index (χ4v) is 1.92. The van der Waals surface area contributed by atoms with Gasteiger partial charge in [0.25, 0.3) is 0 Å². The molecule has 0 radical (unpaired) electrons. The lowest BCUT2D eigenvalue weighted by molar-refractivity contribution is -0.137. The van der Waals surface area contributed by atoms with Crippen LogP contribution in [0.1, 0.15) is 36.8 Å². The van der Waals surface area contributed by atoms with Gasteiger partial charge < -0.3 is 10.0 Å². The van der Waals surface area contributed by atoms with Crippen LogP contribution in [0, 0.1) is 6.92 Å². The molecule has 0 fully saturated rings. The third-order valence-corrected chi connectivity index (χ3v) is 2.96. The number of aryl methyl sites for hydroxylation is 1. The Hall–Kier alpha value is -1.84. The number of rotatable bonds is 7. The van der Waals surface area contributed by atoms with Gasteiger partial charge in [0, 0.05) is 26.4 Å². The van der Waals surface area contributed by atoms with E-state index in [0.717, 1.165) is 5.56 Å². The van der Waals surface area contributed by atoms with E-state index in [1.807, 2.05) is 25.1 Å². The van der Waals surface area contributed by atoms with Crippen LogP contribution in [0.4, 0.5) is 0 Å². The number of hydrogen-bond acceptors (Lipinski definition) is 2. The number of carboxylic acid groups (broad SMARTS) is 1. The third-order valence-electron chi connectivity index (χ3n) is 2.96. The standard InChI is InChI=1S/C15H21NO3/c1-12-6-5-7-13(10-12)11-16(2)14(17)8-3-4-9-15(18)19/h5-7,10H,3-4,8-9,11H2,1-2H3,(H,18,19). The number of hydrogen-bond donors (Lipinski definition) is 1. The summed E-state index contributed by atoms with van der Waals surface area (Å²) in [6.45, 7) is 2.62. The molecule has 1 aromatic rings. The lowest BCUT2D eigenvalue weighted by Gasteiger charge is -2.17. The molecule has 0 saturated carbocycles. The first-order chi connectivity index (χ1) is 8.99. The number of benzene rings is 1. The second-order valence-electron chi connectivity index (χ2n) is 4.84. The summed E-state index contributed by atoms with van der Waals surface area (Å²) in [6, 6.07) is 8.07. The van der Waals surface area contributed by atoms with Gasteiger partial charge in [-0.2, -0.15) is 0 Å². The van der Waals surface area contributed by atoms with Crippen molar-refractivity contribution in [3.05, 3.63) is 35.4 Å². The number of carboxylic acids is 1. The Morgan fingerprint density at radius 1 is 1.21 bits per heavy atom. The molecule has 0 saturated heterocycles. The second kappa shape index (κ2) is 7.56. The van der Waals surface area contributed by atoms with Gasteiger partial charge in [-0.05, 0) is 25.3 Å². The van der Waals surface area contributed by atoms with Gasteiger partial charge in [-0.3, -0.25) is 9.59 Å². The molecule has 4 heteroatoms. The normalized spacial score (nSPS) is 10.2. The number of carbonyl (C=O) groups is 2. The highest BCUT2D eigenvalue weighted by atomic mass is 16.4. The average Bonchev–Trinajstić information content (AvgIpc) is 2.34. The van der Waals surface area contributed by atoms with Gasteiger partial charge in [-0.15, -0.1) is 0 Å². The van der Waals surface area contributed by atoms with Crippen LogP contribution in [0.15, 0.2) is 24.3 Å². The highest BCUT2D eigenvalue weighted by Gasteiger charge is 2.09. The Morgan fingerprint density at radius 3 is 2.53 bits per heavy atom. The van der Waals surface area contributed by atoms with Gasteiger partial charge in [-0.25, -0.2) is 0 Å². The molecule has 0 spiro atoms. The zero-order valence-corrected chi connectivity index (χ0v) is 11.6. The lowest BCUT2D eigenvalue weighted by Crippen LogP contribution is -2.25. The number of carbonyl (C=O) groups excluding carboxylic acids is 1. The fraction of sp³-hybridized carbons (Fsp3) is 0.467. The van der Waals surface area contributed by atoms with Crippen molar-refractivity contribution in [2.45, 2.75) is 39.2 Å². The van der Waals surface area contributed by atoms with E-state index in [0.29, 0.717) is 25.8 Å². The summed E-state index contributed by atoms with van der Waals surface area (Å²) in [5, 5.41) is 8.51. The van der Waals surface area contributed by atoms with Crippen molar-refractivity contribution in [1.82, 2.24) is 4.90 Å². The van der Waals surface area contributed by atoms with E-state index in [1.54, 1.807) is 11.9 Å². The van der Waals surface area contributed by atoms with E-state index >= 15 is 0 Å². The summed E-state index contributed by atoms with van der Waals surface area (Å²) >= 11 is 0. The monoisotopic (exact) mass is 263 g/mol. The second-order valence-corrected chi connectivity index (χ2v) is 4.84. The van der Waals surface area contributed by atoms with E-state index in [9.17, 15) is 9.59 Å². The molecule has 0 aromatic heterocycles. The minimum atomic E-state index is -0.805. The van der Waals surface area contributed by atoms with Gasteiger partial charge in [0.2, 0.25) is 5.91 Å². The predicted octanol–water partition coefficient (Wildman–Crippen LogP) is 2.60. The van der Waals surface area contributed by atoms with Gasteiger partial charge >= 0.3 is 5.97 Å². The summed E-state index contributed by atoms with van der Waals surface area (Å²) < 4.78 is 0. The minimum Gasteiger partial charge on any atom is -0.481 e. The highest BCUT2D eigenvalue weighted by molar-refractivity contribution is 5.75. The van der Waals surface area contributed by atoms with Crippen LogP contribution in [0.25, 0.3) is 0 Å². The molecule has 0 aliphatic carbocycles. The molecule has 0 bridgehead atoms. The molecule has 1 amide bonds. The molecular weight excluding hydrogens is 242 g/mol. The molecule has 104 valence electrons. The maximum atomic E-state index is 11.9. The molecule has 1 aromatic carbocycles. The quantitative estimate of drug-likeness (QED) is 0.769. The Bertz CT molecular complexity index is 443. The SMILES string of the molecule is Cc1cccc(CN(C)C(=O)CCCCC(=O)O)c1. The van der Waals surface area contributed by atoms with E-state index in [4.69, 9.17) is 5.11 Å². The molecule has 0 atom stereocenters. The first-order valence-electron chi connectivity index (χ1n) is 6.50. The van der Waals surface area contributed by atoms with Crippen molar-refractivity contribution in [1.29, 1.82) is 0 Å². The van der Waals surface area contributed by atoms with Crippen molar-refractivity contribution in [3.63, 3.8) is 0 Å². The zero-order valence-electron chi connectivity index (χ0n) is 11.6. The van der Waals surface area contributed by atoms with Crippen LogP contribution in [0.5, 0.6) is 0 Å². The van der Waals surface area contributed by atoms with Crippen LogP contribution in [0.3, 0.4) is 0 Å². The van der Waals surface area contributed by atoms with Gasteiger partial charge in [-0.1, -0.05) is 29.8 Å². The van der Waals surface area contributed by atoms with E-state index in [-0.39, 0.29) is 12.3 Å². The number of aliphatic carboxylic acids is 1. The number of amides is 1. The summed E-state index contributed by atoms with van der Waals surface area (Å²) in [4.78, 5) is 23.9. The van der Waals surface area contributed by atoms with Crippen molar-refractivity contribution in [2.75, 3.05) is 7.05 Å². The van der Waals surface area contributed by atoms with Crippen molar-refractivity contribution in [2.24, 2.45) is 0 Å². The van der Waals surface area contributed by atoms with Crippen LogP contribution < -0.4 is 0 Å². The molecular formula is C15H21NO3. The number of nitrogens with zero attached hydrogens (tertiary/aromatic N) is 1. The maximum absolute atomic E-state index is 11.9. The molecule has 0 heterocycles. The van der Waals surface area contributed by atoms with Crippen LogP contribution in [0.2, 0.25) is 0 Å². The molecule has 1 rings (SSSR count). The van der Waals surface area contributed by atoms with E-state index in [2.05, 4.69) is 6.07 Å². The maximum Gasteiger partial charge on any atom is 0.303 e. The minimum absolute atomic E-state index is 0.0619. The van der Waals surface area contributed by atoms with Crippen LogP contribution >= 0.6 is 0 Å². The Kier molecular flexibility index (Phi) is 6.06. The topological polar surface area (TPSA) is 57.6 Å². The summed E-state index contributed by atoms with van der Waals surface area (Å²) in [7, 11) is 1.78. The van der Waals surface area contributed by atoms with E-state index < -0.39 is 5.97 Å². The molecule has 19 heavy (non-hydrogen) atoms. The molecule has 4 nitrogen and oxygen atoms in total. The highest BCUT2D eigenvalue weighted by Crippen LogP contribution is 2.09. The van der Waals surface area contributed by atoms with Gasteiger partial charge in [0.1, 0.15) is 0 Å². The zero-order chi connectivity index (χ0) is 14.3. The Balaban J connectivity index is 2.34. The summed E-state index contributed by atoms with van der Waals surface area (Å²) in [5.74, 6) is -0.743. The predicted molar refractivity (Wildman–Crippen MR) is 73.8 cm³/mol. The van der Waals surface area contributed by atoms with Gasteiger partial charge in [0.15, 0.2) is 0 Å². The molecule has 0 unspecified atom stereocenters. The van der Waals surface area contributed by atoms with Crippen molar-refractivity contribution in [3.8, 4) is 0 Å². The Labute approximate surface area is 114 Å². The third kappa shape index (κ3) is 6.04. The van der Waals surface area contributed by atoms with Crippen LogP contribution in [-0.4, -0.2) is 28.9 Å².